The summed E-state index contributed by atoms with van der Waals surface area (Å²) in [5.74, 6) is 0. The zero-order chi connectivity index (χ0) is 8.65. The highest BCUT2D eigenvalue weighted by atomic mass is 32.1. The van der Waals surface area contributed by atoms with Crippen molar-refractivity contribution in [2.24, 2.45) is 0 Å². The van der Waals surface area contributed by atoms with Crippen molar-refractivity contribution in [2.75, 3.05) is 0 Å². The summed E-state index contributed by atoms with van der Waals surface area (Å²) >= 11 is 1.93. The fourth-order valence-electron chi connectivity index (χ4n) is 0.854. The van der Waals surface area contributed by atoms with Crippen molar-refractivity contribution in [3.63, 3.8) is 0 Å². The van der Waals surface area contributed by atoms with Crippen LogP contribution in [-0.4, -0.2) is 8.07 Å². The highest BCUT2D eigenvalue weighted by Crippen LogP contribution is 2.15. The van der Waals surface area contributed by atoms with Crippen LogP contribution in [0.25, 0.3) is 0 Å². The first-order valence-electron chi connectivity index (χ1n) is 3.91. The van der Waals surface area contributed by atoms with Crippen LogP contribution in [0, 0.1) is 19.9 Å². The molecule has 0 saturated heterocycles. The lowest BCUT2D eigenvalue weighted by atomic mass is 10.3. The Balaban J connectivity index is 3.08. The average Bonchev–Trinajstić information content (AvgIpc) is 2.11. The SMILES string of the molecule is Cc1[c]c([Si](C)(C)C)sc1C. The summed E-state index contributed by atoms with van der Waals surface area (Å²) in [5, 5.41) is 0. The third-order valence-electron chi connectivity index (χ3n) is 1.77. The van der Waals surface area contributed by atoms with Gasteiger partial charge < -0.3 is 0 Å². The highest BCUT2D eigenvalue weighted by molar-refractivity contribution is 7.26. The minimum Gasteiger partial charge on any atom is -0.149 e. The molecular weight excluding hydrogens is 168 g/mol. The molecule has 0 nitrogen and oxygen atoms in total. The first kappa shape index (κ1) is 9.01. The van der Waals surface area contributed by atoms with Crippen molar-refractivity contribution >= 4 is 23.9 Å². The Kier molecular flexibility index (Phi) is 2.26. The predicted molar refractivity (Wildman–Crippen MR) is 55.6 cm³/mol. The molecule has 0 unspecified atom stereocenters. The van der Waals surface area contributed by atoms with E-state index in [1.165, 1.54) is 14.9 Å². The largest absolute Gasteiger partial charge is 0.149 e. The Morgan fingerprint density at radius 3 is 1.91 bits per heavy atom. The van der Waals surface area contributed by atoms with Crippen molar-refractivity contribution in [3.8, 4) is 0 Å². The van der Waals surface area contributed by atoms with Crippen molar-refractivity contribution in [3.05, 3.63) is 16.5 Å². The summed E-state index contributed by atoms with van der Waals surface area (Å²) in [6.07, 6.45) is 0. The van der Waals surface area contributed by atoms with Gasteiger partial charge in [-0.2, -0.15) is 0 Å². The molecule has 1 aromatic rings. The second-order valence-electron chi connectivity index (χ2n) is 3.99. The van der Waals surface area contributed by atoms with Crippen molar-refractivity contribution < 1.29 is 0 Å². The number of aryl methyl sites for hydroxylation is 2. The molecular formula is C9H15SSi. The van der Waals surface area contributed by atoms with Gasteiger partial charge in [0.25, 0.3) is 0 Å². The van der Waals surface area contributed by atoms with Gasteiger partial charge in [0.05, 0.1) is 8.07 Å². The van der Waals surface area contributed by atoms with Crippen molar-refractivity contribution in [1.82, 2.24) is 0 Å². The van der Waals surface area contributed by atoms with Gasteiger partial charge in [-0.3, -0.25) is 0 Å². The Bertz CT molecular complexity index is 236. The Morgan fingerprint density at radius 1 is 1.18 bits per heavy atom. The fraction of sp³-hybridized carbons (Fsp3) is 0.556. The molecule has 11 heavy (non-hydrogen) atoms. The third-order valence-corrected chi connectivity index (χ3v) is 6.31. The molecule has 1 radical (unpaired) electrons. The van der Waals surface area contributed by atoms with Crippen molar-refractivity contribution in [1.29, 1.82) is 0 Å². The van der Waals surface area contributed by atoms with E-state index >= 15 is 0 Å². The molecule has 0 fully saturated rings. The number of hydrogen-bond donors (Lipinski definition) is 0. The Morgan fingerprint density at radius 2 is 1.73 bits per heavy atom. The molecule has 0 aromatic carbocycles. The zero-order valence-electron chi connectivity index (χ0n) is 7.91. The normalized spacial score (nSPS) is 12.1. The standard InChI is InChI=1S/C9H15SSi/c1-7-6-9(10-8(7)2)11(3,4)5/h1-5H3. The smallest absolute Gasteiger partial charge is 0.0912 e. The first-order chi connectivity index (χ1) is 4.91. The van der Waals surface area contributed by atoms with E-state index in [-0.39, 0.29) is 0 Å². The van der Waals surface area contributed by atoms with Gasteiger partial charge in [-0.05, 0) is 30.0 Å². The van der Waals surface area contributed by atoms with Crippen LogP contribution < -0.4 is 4.50 Å². The number of hydrogen-bond acceptors (Lipinski definition) is 1. The van der Waals surface area contributed by atoms with Crippen LogP contribution in [0.3, 0.4) is 0 Å². The minimum absolute atomic E-state index is 1.08. The summed E-state index contributed by atoms with van der Waals surface area (Å²) in [6.45, 7) is 11.4. The zero-order valence-corrected chi connectivity index (χ0v) is 9.72. The highest BCUT2D eigenvalue weighted by Gasteiger charge is 2.19. The molecule has 0 bridgehead atoms. The summed E-state index contributed by atoms with van der Waals surface area (Å²) in [6, 6.07) is 3.46. The molecule has 0 N–H and O–H groups in total. The molecule has 2 heteroatoms. The van der Waals surface area contributed by atoms with Gasteiger partial charge in [0.15, 0.2) is 0 Å². The van der Waals surface area contributed by atoms with E-state index in [1.54, 1.807) is 0 Å². The molecule has 61 valence electrons. The van der Waals surface area contributed by atoms with E-state index < -0.39 is 8.07 Å². The third kappa shape index (κ3) is 1.94. The molecule has 0 amide bonds. The van der Waals surface area contributed by atoms with Crippen LogP contribution in [0.1, 0.15) is 10.4 Å². The van der Waals surface area contributed by atoms with Gasteiger partial charge in [0, 0.05) is 4.88 Å². The van der Waals surface area contributed by atoms with Gasteiger partial charge in [-0.1, -0.05) is 19.6 Å². The quantitative estimate of drug-likeness (QED) is 0.587. The van der Waals surface area contributed by atoms with E-state index in [9.17, 15) is 0 Å². The second kappa shape index (κ2) is 2.76. The van der Waals surface area contributed by atoms with Crippen molar-refractivity contribution in [2.45, 2.75) is 33.5 Å². The molecule has 0 aliphatic rings. The van der Waals surface area contributed by atoms with Gasteiger partial charge >= 0.3 is 0 Å². The maximum Gasteiger partial charge on any atom is 0.0912 e. The van der Waals surface area contributed by atoms with E-state index in [0.29, 0.717) is 0 Å². The lowest BCUT2D eigenvalue weighted by Crippen LogP contribution is -2.35. The van der Waals surface area contributed by atoms with Crippen LogP contribution >= 0.6 is 11.3 Å². The summed E-state index contributed by atoms with van der Waals surface area (Å²) < 4.78 is 1.51. The molecule has 1 rings (SSSR count). The maximum atomic E-state index is 3.46. The number of rotatable bonds is 1. The summed E-state index contributed by atoms with van der Waals surface area (Å²) in [4.78, 5) is 1.43. The minimum atomic E-state index is -1.08. The van der Waals surface area contributed by atoms with E-state index in [4.69, 9.17) is 0 Å². The maximum absolute atomic E-state index is 3.46. The average molecular weight is 183 g/mol. The molecule has 0 spiro atoms. The fourth-order valence-corrected chi connectivity index (χ4v) is 3.82. The van der Waals surface area contributed by atoms with E-state index in [1.807, 2.05) is 11.3 Å². The van der Waals surface area contributed by atoms with E-state index in [2.05, 4.69) is 39.6 Å². The molecule has 0 aliphatic heterocycles. The molecule has 0 saturated carbocycles. The van der Waals surface area contributed by atoms with Crippen LogP contribution in [0.5, 0.6) is 0 Å². The molecule has 1 heterocycles. The summed E-state index contributed by atoms with van der Waals surface area (Å²) in [7, 11) is -1.08. The molecule has 1 aromatic heterocycles. The Labute approximate surface area is 74.3 Å². The number of thiophene rings is 1. The van der Waals surface area contributed by atoms with Gasteiger partial charge in [0.2, 0.25) is 0 Å². The van der Waals surface area contributed by atoms with Crippen LogP contribution in [-0.2, 0) is 0 Å². The summed E-state index contributed by atoms with van der Waals surface area (Å²) in [5.41, 5.74) is 1.34. The Hall–Kier alpha value is -0.0831. The molecule has 0 atom stereocenters. The van der Waals surface area contributed by atoms with Crippen LogP contribution in [0.15, 0.2) is 0 Å². The van der Waals surface area contributed by atoms with Gasteiger partial charge in [-0.25, -0.2) is 0 Å². The van der Waals surface area contributed by atoms with Crippen LogP contribution in [0.4, 0.5) is 0 Å². The van der Waals surface area contributed by atoms with Gasteiger partial charge in [-0.15, -0.1) is 11.3 Å². The lowest BCUT2D eigenvalue weighted by Gasteiger charge is -2.11. The predicted octanol–water partition coefficient (Wildman–Crippen LogP) is 2.71. The molecule has 0 aliphatic carbocycles. The van der Waals surface area contributed by atoms with Crippen LogP contribution in [0.2, 0.25) is 19.6 Å². The first-order valence-corrected chi connectivity index (χ1v) is 8.22. The lowest BCUT2D eigenvalue weighted by molar-refractivity contribution is 1.44. The monoisotopic (exact) mass is 183 g/mol. The second-order valence-corrected chi connectivity index (χ2v) is 10.6. The van der Waals surface area contributed by atoms with E-state index in [0.717, 1.165) is 0 Å². The topological polar surface area (TPSA) is 0 Å². The van der Waals surface area contributed by atoms with Gasteiger partial charge in [0.1, 0.15) is 0 Å².